The number of nitrogens with zero attached hydrogens (tertiary/aromatic N) is 1. The van der Waals surface area contributed by atoms with Crippen LogP contribution in [0, 0.1) is 4.91 Å². The molecule has 0 unspecified atom stereocenters. The summed E-state index contributed by atoms with van der Waals surface area (Å²) in [6.07, 6.45) is 0. The van der Waals surface area contributed by atoms with E-state index in [1.807, 2.05) is 0 Å². The van der Waals surface area contributed by atoms with Crippen molar-refractivity contribution in [1.29, 1.82) is 0 Å². The van der Waals surface area contributed by atoms with Crippen LogP contribution in [0.25, 0.3) is 0 Å². The second kappa shape index (κ2) is 3.97. The van der Waals surface area contributed by atoms with Crippen LogP contribution in [0.1, 0.15) is 0 Å². The number of rotatable bonds is 3. The molecule has 0 aromatic carbocycles. The quantitative estimate of drug-likeness (QED) is 0.364. The van der Waals surface area contributed by atoms with Crippen LogP contribution in [-0.4, -0.2) is 23.0 Å². The van der Waals surface area contributed by atoms with Crippen molar-refractivity contribution < 1.29 is 49.8 Å². The van der Waals surface area contributed by atoms with Crippen LogP contribution >= 0.6 is 0 Å². The largest absolute Gasteiger partial charge is 0.477 e. The molecule has 0 fully saturated rings. The molecule has 0 spiro atoms. The number of alkyl halides is 4. The Morgan fingerprint density at radius 3 is 1.67 bits per heavy atom. The van der Waals surface area contributed by atoms with E-state index in [0.717, 1.165) is 0 Å². The van der Waals surface area contributed by atoms with Crippen LogP contribution in [0.2, 0.25) is 0 Å². The van der Waals surface area contributed by atoms with Gasteiger partial charge in [-0.15, -0.1) is 4.91 Å². The van der Waals surface area contributed by atoms with Crippen molar-refractivity contribution in [3.63, 3.8) is 0 Å². The van der Waals surface area contributed by atoms with E-state index in [1.165, 1.54) is 0 Å². The van der Waals surface area contributed by atoms with E-state index < -0.39 is 17.9 Å². The van der Waals surface area contributed by atoms with E-state index in [9.17, 15) is 22.4 Å². The first-order valence-electron chi connectivity index (χ1n) is 2.09. The van der Waals surface area contributed by atoms with Gasteiger partial charge in [0.25, 0.3) is 0 Å². The summed E-state index contributed by atoms with van der Waals surface area (Å²) in [4.78, 5) is 18.4. The molecule has 0 aliphatic heterocycles. The predicted octanol–water partition coefficient (Wildman–Crippen LogP) is 1.06. The van der Waals surface area contributed by atoms with Gasteiger partial charge in [0.05, 0.1) is 0 Å². The molecule has 0 aromatic heterocycles. The van der Waals surface area contributed by atoms with Crippen LogP contribution < -0.4 is 0 Å². The van der Waals surface area contributed by atoms with Gasteiger partial charge in [-0.25, -0.2) is 4.79 Å². The van der Waals surface area contributed by atoms with Crippen LogP contribution in [0.4, 0.5) is 17.6 Å². The van der Waals surface area contributed by atoms with Crippen LogP contribution in [-0.2, 0) is 27.2 Å². The average molecular weight is 283 g/mol. The summed E-state index contributed by atoms with van der Waals surface area (Å²) in [5.41, 5.74) is 0. The van der Waals surface area contributed by atoms with Gasteiger partial charge < -0.3 is 5.11 Å². The van der Waals surface area contributed by atoms with Gasteiger partial charge in [0.15, 0.2) is 0 Å². The molecule has 0 rings (SSSR count). The Hall–Kier alpha value is -0.470. The molecule has 9 heteroatoms. The van der Waals surface area contributed by atoms with Crippen molar-refractivity contribution >= 4 is 5.97 Å². The summed E-state index contributed by atoms with van der Waals surface area (Å²) in [7, 11) is 0. The zero-order valence-corrected chi connectivity index (χ0v) is 6.51. The molecule has 1 N–H and O–H groups in total. The van der Waals surface area contributed by atoms with E-state index in [4.69, 9.17) is 10.0 Å². The SMILES string of the molecule is O=NC(F)(F)C(F)(F)C(=O)O.[Ag]. The van der Waals surface area contributed by atoms with E-state index >= 15 is 0 Å². The zero-order valence-electron chi connectivity index (χ0n) is 5.02. The maximum atomic E-state index is 11.7. The van der Waals surface area contributed by atoms with Gasteiger partial charge in [-0.2, -0.15) is 17.6 Å². The molecule has 0 amide bonds. The van der Waals surface area contributed by atoms with E-state index in [-0.39, 0.29) is 22.4 Å². The Bertz CT molecular complexity index is 196. The molecule has 0 bridgehead atoms. The molecule has 75 valence electrons. The van der Waals surface area contributed by atoms with Gasteiger partial charge in [0.1, 0.15) is 0 Å². The van der Waals surface area contributed by atoms with Gasteiger partial charge in [-0.05, 0) is 0 Å². The number of carbonyl (C=O) groups is 1. The third-order valence-electron chi connectivity index (χ3n) is 0.761. The molecular formula is C3HAgF4NO3. The molecule has 0 heterocycles. The first-order chi connectivity index (χ1) is 4.75. The summed E-state index contributed by atoms with van der Waals surface area (Å²) in [5, 5.41) is 8.18. The number of carboxylic acids is 1. The van der Waals surface area contributed by atoms with Crippen LogP contribution in [0.5, 0.6) is 0 Å². The Morgan fingerprint density at radius 2 is 1.58 bits per heavy atom. The van der Waals surface area contributed by atoms with Gasteiger partial charge in [0.2, 0.25) is 0 Å². The molecule has 0 aromatic rings. The number of hydrogen-bond donors (Lipinski definition) is 1. The summed E-state index contributed by atoms with van der Waals surface area (Å²) >= 11 is 0. The molecule has 0 saturated carbocycles. The molecular weight excluding hydrogens is 282 g/mol. The van der Waals surface area contributed by atoms with Crippen molar-refractivity contribution in [1.82, 2.24) is 0 Å². The fourth-order valence-electron chi connectivity index (χ4n) is 0.186. The van der Waals surface area contributed by atoms with E-state index in [1.54, 1.807) is 0 Å². The minimum atomic E-state index is -5.45. The number of carboxylic acid groups (broad SMARTS) is 1. The number of aliphatic carboxylic acids is 1. The topological polar surface area (TPSA) is 66.7 Å². The summed E-state index contributed by atoms with van der Waals surface area (Å²) in [6.45, 7) is 0. The number of halogens is 4. The van der Waals surface area contributed by atoms with Crippen molar-refractivity contribution in [2.45, 2.75) is 12.0 Å². The maximum absolute atomic E-state index is 11.7. The van der Waals surface area contributed by atoms with Crippen molar-refractivity contribution in [2.75, 3.05) is 0 Å². The molecule has 0 saturated heterocycles. The standard InChI is InChI=1S/C3HF4NO3.Ag/c4-2(5,1(9)10)3(6,7)8-11;/h(H,9,10);. The molecule has 12 heavy (non-hydrogen) atoms. The van der Waals surface area contributed by atoms with Gasteiger partial charge in [-0.3, -0.25) is 0 Å². The molecule has 1 radical (unpaired) electrons. The number of nitroso groups, excluding NO2 is 1. The zero-order chi connectivity index (χ0) is 9.28. The Balaban J connectivity index is 0. The van der Waals surface area contributed by atoms with Crippen LogP contribution in [0.3, 0.4) is 0 Å². The Kier molecular flexibility index (Phi) is 4.65. The average Bonchev–Trinajstić information content (AvgIpc) is 1.87. The first kappa shape index (κ1) is 14.1. The monoisotopic (exact) mass is 282 g/mol. The fraction of sp³-hybridized carbons (Fsp3) is 0.667. The van der Waals surface area contributed by atoms with Gasteiger partial charge >= 0.3 is 17.9 Å². The van der Waals surface area contributed by atoms with Gasteiger partial charge in [0, 0.05) is 27.6 Å². The molecule has 0 atom stereocenters. The third-order valence-corrected chi connectivity index (χ3v) is 0.761. The second-order valence-electron chi connectivity index (χ2n) is 1.51. The molecule has 0 aliphatic carbocycles. The maximum Gasteiger partial charge on any atom is 0.450 e. The van der Waals surface area contributed by atoms with Gasteiger partial charge in [-0.1, -0.05) is 0 Å². The summed E-state index contributed by atoms with van der Waals surface area (Å²) in [5.74, 6) is -8.54. The van der Waals surface area contributed by atoms with Crippen LogP contribution in [0.15, 0.2) is 5.18 Å². The van der Waals surface area contributed by atoms with Crippen molar-refractivity contribution in [3.8, 4) is 0 Å². The smallest absolute Gasteiger partial charge is 0.450 e. The molecule has 0 aliphatic rings. The summed E-state index contributed by atoms with van der Waals surface area (Å²) < 4.78 is 46.5. The Labute approximate surface area is 78.4 Å². The minimum Gasteiger partial charge on any atom is -0.477 e. The second-order valence-corrected chi connectivity index (χ2v) is 1.51. The van der Waals surface area contributed by atoms with E-state index in [2.05, 4.69) is 0 Å². The van der Waals surface area contributed by atoms with E-state index in [0.29, 0.717) is 5.18 Å². The molecule has 4 nitrogen and oxygen atoms in total. The van der Waals surface area contributed by atoms with Crippen molar-refractivity contribution in [3.05, 3.63) is 4.91 Å². The third kappa shape index (κ3) is 2.26. The van der Waals surface area contributed by atoms with Crippen molar-refractivity contribution in [2.24, 2.45) is 5.18 Å². The summed E-state index contributed by atoms with van der Waals surface area (Å²) in [6, 6.07) is -5.40. The fourth-order valence-corrected chi connectivity index (χ4v) is 0.186. The number of hydrogen-bond acceptors (Lipinski definition) is 3. The first-order valence-corrected chi connectivity index (χ1v) is 2.09. The Morgan fingerprint density at radius 1 is 1.25 bits per heavy atom. The predicted molar refractivity (Wildman–Crippen MR) is 23.3 cm³/mol. The normalized spacial score (nSPS) is 11.7. The minimum absolute atomic E-state index is 0.